The minimum absolute atomic E-state index is 0.121. The second kappa shape index (κ2) is 8.71. The van der Waals surface area contributed by atoms with Gasteiger partial charge >= 0.3 is 0 Å². The van der Waals surface area contributed by atoms with E-state index in [-0.39, 0.29) is 5.91 Å². The lowest BCUT2D eigenvalue weighted by Crippen LogP contribution is -2.52. The molecule has 7 heteroatoms. The molecule has 1 amide bonds. The zero-order chi connectivity index (χ0) is 19.4. The van der Waals surface area contributed by atoms with Gasteiger partial charge in [-0.25, -0.2) is 8.42 Å². The molecule has 0 aliphatic carbocycles. The van der Waals surface area contributed by atoms with Gasteiger partial charge in [0.1, 0.15) is 0 Å². The van der Waals surface area contributed by atoms with E-state index in [1.165, 1.54) is 10.7 Å². The molecule has 150 valence electrons. The van der Waals surface area contributed by atoms with Crippen LogP contribution in [0.25, 0.3) is 0 Å². The first-order valence-electron chi connectivity index (χ1n) is 9.98. The normalized spacial score (nSPS) is 20.2. The highest BCUT2D eigenvalue weighted by Crippen LogP contribution is 2.21. The molecular weight excluding hydrogens is 362 g/mol. The van der Waals surface area contributed by atoms with Gasteiger partial charge in [-0.05, 0) is 49.5 Å². The van der Waals surface area contributed by atoms with Gasteiger partial charge in [-0.15, -0.1) is 0 Å². The zero-order valence-corrected chi connectivity index (χ0v) is 17.2. The zero-order valence-electron chi connectivity index (χ0n) is 16.4. The van der Waals surface area contributed by atoms with Crippen molar-refractivity contribution < 1.29 is 13.2 Å². The number of sulfonamides is 1. The van der Waals surface area contributed by atoms with Crippen LogP contribution >= 0.6 is 0 Å². The molecule has 2 fully saturated rings. The van der Waals surface area contributed by atoms with Crippen LogP contribution in [0.4, 0.5) is 0 Å². The SMILES string of the molecule is CC(C)c1ccc(S(=O)(=O)N2CCN(C(=O)CN3CCCCC3)CC2)cc1. The van der Waals surface area contributed by atoms with Crippen molar-refractivity contribution in [1.82, 2.24) is 14.1 Å². The number of carbonyl (C=O) groups excluding carboxylic acids is 1. The number of rotatable bonds is 5. The minimum atomic E-state index is -3.50. The molecule has 1 aromatic carbocycles. The maximum absolute atomic E-state index is 12.9. The molecule has 2 heterocycles. The Morgan fingerprint density at radius 1 is 0.926 bits per heavy atom. The van der Waals surface area contributed by atoms with Crippen molar-refractivity contribution in [2.45, 2.75) is 43.9 Å². The Hall–Kier alpha value is -1.44. The molecule has 3 rings (SSSR count). The van der Waals surface area contributed by atoms with Crippen LogP contribution in [0.2, 0.25) is 0 Å². The van der Waals surface area contributed by atoms with Crippen molar-refractivity contribution in [3.8, 4) is 0 Å². The van der Waals surface area contributed by atoms with Crippen LogP contribution in [0, 0.1) is 0 Å². The van der Waals surface area contributed by atoms with Gasteiger partial charge in [-0.1, -0.05) is 32.4 Å². The molecule has 0 bridgehead atoms. The summed E-state index contributed by atoms with van der Waals surface area (Å²) < 4.78 is 27.3. The van der Waals surface area contributed by atoms with Crippen molar-refractivity contribution in [1.29, 1.82) is 0 Å². The predicted octanol–water partition coefficient (Wildman–Crippen LogP) is 2.13. The Labute approximate surface area is 163 Å². The van der Waals surface area contributed by atoms with Gasteiger partial charge in [0.25, 0.3) is 0 Å². The smallest absolute Gasteiger partial charge is 0.243 e. The van der Waals surface area contributed by atoms with E-state index in [1.54, 1.807) is 12.1 Å². The maximum atomic E-state index is 12.9. The Morgan fingerprint density at radius 2 is 1.52 bits per heavy atom. The van der Waals surface area contributed by atoms with Gasteiger partial charge < -0.3 is 4.90 Å². The third kappa shape index (κ3) is 4.89. The van der Waals surface area contributed by atoms with Crippen LogP contribution in [-0.2, 0) is 14.8 Å². The van der Waals surface area contributed by atoms with Crippen LogP contribution < -0.4 is 0 Å². The summed E-state index contributed by atoms with van der Waals surface area (Å²) in [4.78, 5) is 16.9. The number of likely N-dealkylation sites (tertiary alicyclic amines) is 1. The molecule has 0 unspecified atom stereocenters. The van der Waals surface area contributed by atoms with Gasteiger partial charge in [0, 0.05) is 26.2 Å². The third-order valence-electron chi connectivity index (χ3n) is 5.58. The topological polar surface area (TPSA) is 60.9 Å². The number of hydrogen-bond donors (Lipinski definition) is 0. The summed E-state index contributed by atoms with van der Waals surface area (Å²) in [6.07, 6.45) is 3.57. The highest BCUT2D eigenvalue weighted by molar-refractivity contribution is 7.89. The molecule has 27 heavy (non-hydrogen) atoms. The summed E-state index contributed by atoms with van der Waals surface area (Å²) in [6.45, 7) is 8.28. The molecule has 1 aromatic rings. The number of benzene rings is 1. The molecule has 0 spiro atoms. The van der Waals surface area contributed by atoms with Gasteiger partial charge in [0.15, 0.2) is 0 Å². The first-order chi connectivity index (χ1) is 12.9. The van der Waals surface area contributed by atoms with Crippen molar-refractivity contribution >= 4 is 15.9 Å². The fourth-order valence-electron chi connectivity index (χ4n) is 3.76. The average molecular weight is 394 g/mol. The van der Waals surface area contributed by atoms with Crippen molar-refractivity contribution in [3.63, 3.8) is 0 Å². The lowest BCUT2D eigenvalue weighted by Gasteiger charge is -2.35. The molecule has 2 aliphatic rings. The van der Waals surface area contributed by atoms with E-state index in [0.717, 1.165) is 31.5 Å². The maximum Gasteiger partial charge on any atom is 0.243 e. The van der Waals surface area contributed by atoms with Crippen molar-refractivity contribution in [2.75, 3.05) is 45.8 Å². The second-order valence-electron chi connectivity index (χ2n) is 7.85. The van der Waals surface area contributed by atoms with Gasteiger partial charge in [-0.3, -0.25) is 9.69 Å². The van der Waals surface area contributed by atoms with E-state index in [2.05, 4.69) is 18.7 Å². The summed E-state index contributed by atoms with van der Waals surface area (Å²) in [5.41, 5.74) is 1.13. The first kappa shape index (κ1) is 20.3. The molecule has 2 aliphatic heterocycles. The number of amides is 1. The van der Waals surface area contributed by atoms with Crippen LogP contribution in [-0.4, -0.2) is 74.2 Å². The lowest BCUT2D eigenvalue weighted by atomic mass is 10.0. The van der Waals surface area contributed by atoms with Crippen molar-refractivity contribution in [3.05, 3.63) is 29.8 Å². The Bertz CT molecular complexity index is 732. The van der Waals surface area contributed by atoms with Crippen LogP contribution in [0.1, 0.15) is 44.6 Å². The average Bonchev–Trinajstić information content (AvgIpc) is 2.69. The molecule has 6 nitrogen and oxygen atoms in total. The number of nitrogens with zero attached hydrogens (tertiary/aromatic N) is 3. The van der Waals surface area contributed by atoms with E-state index < -0.39 is 10.0 Å². The third-order valence-corrected chi connectivity index (χ3v) is 7.50. The summed E-state index contributed by atoms with van der Waals surface area (Å²) in [5.74, 6) is 0.492. The minimum Gasteiger partial charge on any atom is -0.339 e. The molecule has 0 N–H and O–H groups in total. The largest absolute Gasteiger partial charge is 0.339 e. The quantitative estimate of drug-likeness (QED) is 0.769. The van der Waals surface area contributed by atoms with Crippen LogP contribution in [0.3, 0.4) is 0 Å². The van der Waals surface area contributed by atoms with E-state index in [1.807, 2.05) is 17.0 Å². The van der Waals surface area contributed by atoms with Crippen molar-refractivity contribution in [2.24, 2.45) is 0 Å². The number of hydrogen-bond acceptors (Lipinski definition) is 4. The molecule has 2 saturated heterocycles. The Balaban J connectivity index is 1.56. The fraction of sp³-hybridized carbons (Fsp3) is 0.650. The number of carbonyl (C=O) groups is 1. The first-order valence-corrected chi connectivity index (χ1v) is 11.4. The molecular formula is C20H31N3O3S. The van der Waals surface area contributed by atoms with Crippen LogP contribution in [0.5, 0.6) is 0 Å². The van der Waals surface area contributed by atoms with Crippen LogP contribution in [0.15, 0.2) is 29.2 Å². The van der Waals surface area contributed by atoms with E-state index in [9.17, 15) is 13.2 Å². The fourth-order valence-corrected chi connectivity index (χ4v) is 5.18. The summed E-state index contributed by atoms with van der Waals surface area (Å²) in [7, 11) is -3.50. The second-order valence-corrected chi connectivity index (χ2v) is 9.78. The molecule has 0 radical (unpaired) electrons. The van der Waals surface area contributed by atoms with E-state index in [0.29, 0.717) is 43.5 Å². The monoisotopic (exact) mass is 393 g/mol. The van der Waals surface area contributed by atoms with Gasteiger partial charge in [0.05, 0.1) is 11.4 Å². The number of piperazine rings is 1. The Morgan fingerprint density at radius 3 is 2.07 bits per heavy atom. The molecule has 0 saturated carbocycles. The summed E-state index contributed by atoms with van der Waals surface area (Å²) in [5, 5.41) is 0. The van der Waals surface area contributed by atoms with Gasteiger partial charge in [0.2, 0.25) is 15.9 Å². The number of piperidine rings is 1. The highest BCUT2D eigenvalue weighted by atomic mass is 32.2. The molecule has 0 atom stereocenters. The predicted molar refractivity (Wildman–Crippen MR) is 106 cm³/mol. The standard InChI is InChI=1S/C20H31N3O3S/c1-17(2)18-6-8-19(9-7-18)27(25,26)23-14-12-22(13-15-23)20(24)16-21-10-4-3-5-11-21/h6-9,17H,3-5,10-16H2,1-2H3. The Kier molecular flexibility index (Phi) is 6.55. The highest BCUT2D eigenvalue weighted by Gasteiger charge is 2.30. The summed E-state index contributed by atoms with van der Waals surface area (Å²) in [6, 6.07) is 7.16. The summed E-state index contributed by atoms with van der Waals surface area (Å²) >= 11 is 0. The van der Waals surface area contributed by atoms with E-state index >= 15 is 0 Å². The van der Waals surface area contributed by atoms with E-state index in [4.69, 9.17) is 0 Å². The molecule has 0 aromatic heterocycles. The lowest BCUT2D eigenvalue weighted by molar-refractivity contribution is -0.133. The van der Waals surface area contributed by atoms with Gasteiger partial charge in [-0.2, -0.15) is 4.31 Å².